The maximum atomic E-state index is 11.9. The first-order valence-electron chi connectivity index (χ1n) is 5.30. The Balaban J connectivity index is 2.70. The second-order valence-corrected chi connectivity index (χ2v) is 8.94. The molecule has 1 aromatic rings. The standard InChI is InChI=1S/C10H15BrN2O4S2/c1-13(2)18(14,15)8-7-12-19(16,17)10-5-3-9(11)4-6-10/h3-6,12H,7-8H2,1-2H3. The van der Waals surface area contributed by atoms with Crippen LogP contribution >= 0.6 is 15.9 Å². The van der Waals surface area contributed by atoms with Crippen LogP contribution in [0.15, 0.2) is 33.6 Å². The van der Waals surface area contributed by atoms with Gasteiger partial charge in [0.25, 0.3) is 0 Å². The highest BCUT2D eigenvalue weighted by molar-refractivity contribution is 9.10. The molecule has 108 valence electrons. The molecule has 0 aliphatic heterocycles. The molecule has 1 aromatic carbocycles. The molecule has 0 radical (unpaired) electrons. The van der Waals surface area contributed by atoms with Crippen molar-refractivity contribution in [2.24, 2.45) is 0 Å². The van der Waals surface area contributed by atoms with Crippen LogP contribution in [-0.2, 0) is 20.0 Å². The molecule has 0 aromatic heterocycles. The minimum atomic E-state index is -3.68. The highest BCUT2D eigenvalue weighted by Crippen LogP contribution is 2.14. The lowest BCUT2D eigenvalue weighted by Gasteiger charge is -2.11. The van der Waals surface area contributed by atoms with Gasteiger partial charge in [-0.1, -0.05) is 15.9 Å². The smallest absolute Gasteiger partial charge is 0.212 e. The van der Waals surface area contributed by atoms with Gasteiger partial charge in [0.2, 0.25) is 20.0 Å². The summed E-state index contributed by atoms with van der Waals surface area (Å²) >= 11 is 3.21. The highest BCUT2D eigenvalue weighted by Gasteiger charge is 2.17. The summed E-state index contributed by atoms with van der Waals surface area (Å²) in [6.07, 6.45) is 0. The summed E-state index contributed by atoms with van der Waals surface area (Å²) < 4.78 is 50.8. The third-order valence-corrected chi connectivity index (χ3v) is 6.17. The first-order valence-corrected chi connectivity index (χ1v) is 9.19. The van der Waals surface area contributed by atoms with Crippen molar-refractivity contribution in [3.8, 4) is 0 Å². The lowest BCUT2D eigenvalue weighted by molar-refractivity contribution is 0.519. The van der Waals surface area contributed by atoms with E-state index in [-0.39, 0.29) is 17.2 Å². The van der Waals surface area contributed by atoms with Crippen molar-refractivity contribution in [2.45, 2.75) is 4.90 Å². The zero-order valence-corrected chi connectivity index (χ0v) is 13.7. The fourth-order valence-electron chi connectivity index (χ4n) is 1.18. The summed E-state index contributed by atoms with van der Waals surface area (Å²) in [4.78, 5) is 0.0953. The van der Waals surface area contributed by atoms with Gasteiger partial charge in [0, 0.05) is 25.1 Å². The van der Waals surface area contributed by atoms with Crippen LogP contribution in [0.2, 0.25) is 0 Å². The van der Waals surface area contributed by atoms with Crippen molar-refractivity contribution in [1.82, 2.24) is 9.03 Å². The van der Waals surface area contributed by atoms with Crippen LogP contribution in [0.25, 0.3) is 0 Å². The third kappa shape index (κ3) is 4.84. The second kappa shape index (κ2) is 6.31. The molecule has 1 rings (SSSR count). The van der Waals surface area contributed by atoms with Gasteiger partial charge in [-0.05, 0) is 24.3 Å². The number of rotatable bonds is 6. The van der Waals surface area contributed by atoms with Gasteiger partial charge in [0.1, 0.15) is 0 Å². The van der Waals surface area contributed by atoms with Gasteiger partial charge in [0.05, 0.1) is 10.6 Å². The van der Waals surface area contributed by atoms with Gasteiger partial charge >= 0.3 is 0 Å². The number of hydrogen-bond acceptors (Lipinski definition) is 4. The van der Waals surface area contributed by atoms with Gasteiger partial charge in [-0.2, -0.15) is 0 Å². The van der Waals surface area contributed by atoms with Crippen molar-refractivity contribution in [3.63, 3.8) is 0 Å². The minimum absolute atomic E-state index is 0.0953. The fraction of sp³-hybridized carbons (Fsp3) is 0.400. The van der Waals surface area contributed by atoms with Crippen molar-refractivity contribution in [2.75, 3.05) is 26.4 Å². The van der Waals surface area contributed by atoms with Crippen LogP contribution < -0.4 is 4.72 Å². The van der Waals surface area contributed by atoms with E-state index in [9.17, 15) is 16.8 Å². The highest BCUT2D eigenvalue weighted by atomic mass is 79.9. The van der Waals surface area contributed by atoms with Crippen molar-refractivity contribution < 1.29 is 16.8 Å². The largest absolute Gasteiger partial charge is 0.240 e. The van der Waals surface area contributed by atoms with E-state index in [2.05, 4.69) is 20.7 Å². The monoisotopic (exact) mass is 370 g/mol. The van der Waals surface area contributed by atoms with E-state index in [0.29, 0.717) is 0 Å². The number of nitrogens with one attached hydrogen (secondary N) is 1. The lowest BCUT2D eigenvalue weighted by atomic mass is 10.4. The second-order valence-electron chi connectivity index (χ2n) is 3.95. The third-order valence-electron chi connectivity index (χ3n) is 2.33. The number of nitrogens with zero attached hydrogens (tertiary/aromatic N) is 1. The molecule has 0 heterocycles. The zero-order valence-electron chi connectivity index (χ0n) is 10.5. The molecule has 19 heavy (non-hydrogen) atoms. The predicted octanol–water partition coefficient (Wildman–Crippen LogP) is 0.619. The Hall–Kier alpha value is -0.480. The maximum Gasteiger partial charge on any atom is 0.240 e. The average Bonchev–Trinajstić information content (AvgIpc) is 2.28. The predicted molar refractivity (Wildman–Crippen MR) is 76.8 cm³/mol. The van der Waals surface area contributed by atoms with Crippen LogP contribution in [-0.4, -0.2) is 47.5 Å². The van der Waals surface area contributed by atoms with E-state index in [1.165, 1.54) is 26.2 Å². The quantitative estimate of drug-likeness (QED) is 0.795. The van der Waals surface area contributed by atoms with E-state index in [1.807, 2.05) is 0 Å². The van der Waals surface area contributed by atoms with Crippen molar-refractivity contribution in [1.29, 1.82) is 0 Å². The van der Waals surface area contributed by atoms with Crippen molar-refractivity contribution in [3.05, 3.63) is 28.7 Å². The van der Waals surface area contributed by atoms with Gasteiger partial charge in [-0.15, -0.1) is 0 Å². The van der Waals surface area contributed by atoms with Crippen LogP contribution in [0.3, 0.4) is 0 Å². The molecule has 0 amide bonds. The fourth-order valence-corrected chi connectivity index (χ4v) is 3.34. The lowest BCUT2D eigenvalue weighted by Crippen LogP contribution is -2.33. The van der Waals surface area contributed by atoms with E-state index in [1.54, 1.807) is 12.1 Å². The van der Waals surface area contributed by atoms with Gasteiger partial charge in [0.15, 0.2) is 0 Å². The molecule has 0 aliphatic rings. The molecule has 0 bridgehead atoms. The summed E-state index contributed by atoms with van der Waals surface area (Å²) in [6.45, 7) is -0.168. The van der Waals surface area contributed by atoms with E-state index in [0.717, 1.165) is 8.78 Å². The molecule has 0 unspecified atom stereocenters. The Morgan fingerprint density at radius 1 is 1.11 bits per heavy atom. The molecular weight excluding hydrogens is 356 g/mol. The maximum absolute atomic E-state index is 11.9. The topological polar surface area (TPSA) is 83.6 Å². The van der Waals surface area contributed by atoms with Crippen LogP contribution in [0.5, 0.6) is 0 Å². The molecule has 9 heteroatoms. The van der Waals surface area contributed by atoms with Crippen LogP contribution in [0.4, 0.5) is 0 Å². The molecule has 0 aliphatic carbocycles. The average molecular weight is 371 g/mol. The summed E-state index contributed by atoms with van der Waals surface area (Å²) in [6, 6.07) is 6.08. The van der Waals surface area contributed by atoms with Crippen molar-refractivity contribution >= 4 is 36.0 Å². The molecular formula is C10H15BrN2O4S2. The Morgan fingerprint density at radius 3 is 2.11 bits per heavy atom. The normalized spacial score (nSPS) is 12.8. The SMILES string of the molecule is CN(C)S(=O)(=O)CCNS(=O)(=O)c1ccc(Br)cc1. The summed E-state index contributed by atoms with van der Waals surface area (Å²) in [5, 5.41) is 0. The molecule has 0 saturated carbocycles. The summed E-state index contributed by atoms with van der Waals surface area (Å²) in [7, 11) is -4.29. The molecule has 0 spiro atoms. The van der Waals surface area contributed by atoms with E-state index < -0.39 is 20.0 Å². The first-order chi connectivity index (χ1) is 8.65. The first kappa shape index (κ1) is 16.6. The molecule has 0 fully saturated rings. The van der Waals surface area contributed by atoms with E-state index in [4.69, 9.17) is 0 Å². The number of benzene rings is 1. The van der Waals surface area contributed by atoms with Gasteiger partial charge in [-0.3, -0.25) is 0 Å². The summed E-state index contributed by atoms with van der Waals surface area (Å²) in [5.74, 6) is -0.282. The molecule has 1 N–H and O–H groups in total. The Morgan fingerprint density at radius 2 is 1.63 bits per heavy atom. The van der Waals surface area contributed by atoms with Gasteiger partial charge < -0.3 is 0 Å². The number of hydrogen-bond donors (Lipinski definition) is 1. The van der Waals surface area contributed by atoms with Gasteiger partial charge in [-0.25, -0.2) is 25.9 Å². The molecule has 0 atom stereocenters. The Kier molecular flexibility index (Phi) is 5.51. The molecule has 6 nitrogen and oxygen atoms in total. The Bertz CT molecular complexity index is 624. The Labute approximate surface area is 122 Å². The van der Waals surface area contributed by atoms with Crippen LogP contribution in [0.1, 0.15) is 0 Å². The number of halogens is 1. The number of sulfonamides is 2. The molecule has 0 saturated heterocycles. The summed E-state index contributed by atoms with van der Waals surface area (Å²) in [5.41, 5.74) is 0. The van der Waals surface area contributed by atoms with Crippen LogP contribution in [0, 0.1) is 0 Å². The zero-order chi connectivity index (χ0) is 14.7. The van der Waals surface area contributed by atoms with E-state index >= 15 is 0 Å². The minimum Gasteiger partial charge on any atom is -0.212 e.